The summed E-state index contributed by atoms with van der Waals surface area (Å²) in [7, 11) is 1.77. The molecule has 0 bridgehead atoms. The molecule has 7 nitrogen and oxygen atoms in total. The Labute approximate surface area is 148 Å². The lowest BCUT2D eigenvalue weighted by Gasteiger charge is -2.02. The summed E-state index contributed by atoms with van der Waals surface area (Å²) in [6, 6.07) is 15.3. The van der Waals surface area contributed by atoms with E-state index in [1.165, 1.54) is 18.2 Å². The Morgan fingerprint density at radius 2 is 1.96 bits per heavy atom. The molecule has 0 saturated carbocycles. The molecule has 128 valence electrons. The average molecular weight is 346 g/mol. The van der Waals surface area contributed by atoms with Gasteiger partial charge in [0.25, 0.3) is 5.69 Å². The van der Waals surface area contributed by atoms with Crippen molar-refractivity contribution in [2.75, 3.05) is 0 Å². The molecule has 2 aromatic carbocycles. The molecule has 0 aliphatic rings. The molecule has 1 aromatic heterocycles. The Morgan fingerprint density at radius 3 is 2.58 bits per heavy atom. The third kappa shape index (κ3) is 3.16. The quantitative estimate of drug-likeness (QED) is 0.253. The third-order valence-corrected chi connectivity index (χ3v) is 3.92. The van der Waals surface area contributed by atoms with E-state index in [0.717, 1.165) is 11.0 Å². The molecule has 0 saturated heterocycles. The first-order chi connectivity index (χ1) is 12.5. The van der Waals surface area contributed by atoms with Gasteiger partial charge in [0.1, 0.15) is 17.4 Å². The van der Waals surface area contributed by atoms with Crippen LogP contribution in [0, 0.1) is 21.4 Å². The van der Waals surface area contributed by atoms with Crippen molar-refractivity contribution in [3.05, 3.63) is 81.9 Å². The normalized spacial score (nSPS) is 12.2. The number of allylic oxidation sites excluding steroid dienone is 2. The standard InChI is InChI=1S/C19H14N4O3/c1-22-17-5-3-2-4-16(17)21-19(22)15(12-20)18(24)11-8-13-6-9-14(10-7-13)23(25)26/h2-11,24H,1H3/b11-8?,18-15-. The Bertz CT molecular complexity index is 1090. The maximum atomic E-state index is 10.7. The highest BCUT2D eigenvalue weighted by Crippen LogP contribution is 2.22. The smallest absolute Gasteiger partial charge is 0.269 e. The van der Waals surface area contributed by atoms with Crippen molar-refractivity contribution in [2.45, 2.75) is 0 Å². The second-order valence-corrected chi connectivity index (χ2v) is 5.54. The number of imidazole rings is 1. The van der Waals surface area contributed by atoms with Crippen LogP contribution in [0.3, 0.4) is 0 Å². The number of benzene rings is 2. The molecule has 0 unspecified atom stereocenters. The molecule has 1 N–H and O–H groups in total. The van der Waals surface area contributed by atoms with Crippen LogP contribution in [-0.2, 0) is 7.05 Å². The molecular weight excluding hydrogens is 332 g/mol. The molecule has 3 rings (SSSR count). The van der Waals surface area contributed by atoms with Gasteiger partial charge in [-0.2, -0.15) is 5.26 Å². The van der Waals surface area contributed by atoms with Gasteiger partial charge in [-0.1, -0.05) is 18.2 Å². The van der Waals surface area contributed by atoms with Crippen LogP contribution < -0.4 is 0 Å². The zero-order chi connectivity index (χ0) is 18.7. The Balaban J connectivity index is 1.96. The van der Waals surface area contributed by atoms with Crippen LogP contribution in [0.15, 0.2) is 60.4 Å². The number of nitrogens with zero attached hydrogens (tertiary/aromatic N) is 4. The van der Waals surface area contributed by atoms with Gasteiger partial charge < -0.3 is 9.67 Å². The van der Waals surface area contributed by atoms with E-state index < -0.39 is 4.92 Å². The highest BCUT2D eigenvalue weighted by Gasteiger charge is 2.15. The number of aromatic nitrogens is 2. The molecule has 0 aliphatic heterocycles. The second kappa shape index (κ2) is 6.91. The van der Waals surface area contributed by atoms with Gasteiger partial charge in [-0.05, 0) is 35.9 Å². The van der Waals surface area contributed by atoms with Gasteiger partial charge in [-0.15, -0.1) is 0 Å². The predicted molar refractivity (Wildman–Crippen MR) is 98.0 cm³/mol. The van der Waals surface area contributed by atoms with Gasteiger partial charge in [-0.25, -0.2) is 4.98 Å². The molecule has 3 aromatic rings. The number of aliphatic hydroxyl groups excluding tert-OH is 1. The predicted octanol–water partition coefficient (Wildman–Crippen LogP) is 3.99. The van der Waals surface area contributed by atoms with Crippen molar-refractivity contribution in [3.8, 4) is 6.07 Å². The van der Waals surface area contributed by atoms with Crippen molar-refractivity contribution in [2.24, 2.45) is 7.05 Å². The van der Waals surface area contributed by atoms with E-state index in [-0.39, 0.29) is 17.0 Å². The monoisotopic (exact) mass is 346 g/mol. The lowest BCUT2D eigenvalue weighted by atomic mass is 10.1. The fraction of sp³-hybridized carbons (Fsp3) is 0.0526. The molecule has 0 atom stereocenters. The number of para-hydroxylation sites is 2. The van der Waals surface area contributed by atoms with Crippen molar-refractivity contribution in [3.63, 3.8) is 0 Å². The Hall–Kier alpha value is -3.92. The van der Waals surface area contributed by atoms with Crippen LogP contribution in [0.25, 0.3) is 22.7 Å². The molecule has 0 aliphatic carbocycles. The number of aliphatic hydroxyl groups is 1. The fourth-order valence-corrected chi connectivity index (χ4v) is 2.56. The molecule has 7 heteroatoms. The molecule has 0 radical (unpaired) electrons. The number of aryl methyl sites for hydroxylation is 1. The average Bonchev–Trinajstić information content (AvgIpc) is 2.98. The molecule has 0 fully saturated rings. The lowest BCUT2D eigenvalue weighted by molar-refractivity contribution is -0.384. The van der Waals surface area contributed by atoms with E-state index in [9.17, 15) is 20.5 Å². The molecule has 0 amide bonds. The van der Waals surface area contributed by atoms with Crippen molar-refractivity contribution < 1.29 is 10.0 Å². The summed E-state index contributed by atoms with van der Waals surface area (Å²) in [5.74, 6) is 0.129. The van der Waals surface area contributed by atoms with Crippen LogP contribution in [0.2, 0.25) is 0 Å². The number of non-ortho nitro benzene ring substituents is 1. The van der Waals surface area contributed by atoms with Crippen molar-refractivity contribution in [1.82, 2.24) is 9.55 Å². The zero-order valence-corrected chi connectivity index (χ0v) is 13.8. The highest BCUT2D eigenvalue weighted by molar-refractivity contribution is 5.84. The van der Waals surface area contributed by atoms with Gasteiger partial charge >= 0.3 is 0 Å². The first-order valence-corrected chi connectivity index (χ1v) is 7.69. The lowest BCUT2D eigenvalue weighted by Crippen LogP contribution is -1.98. The highest BCUT2D eigenvalue weighted by atomic mass is 16.6. The largest absolute Gasteiger partial charge is 0.506 e. The van der Waals surface area contributed by atoms with E-state index in [0.29, 0.717) is 11.4 Å². The fourth-order valence-electron chi connectivity index (χ4n) is 2.56. The number of hydrogen-bond acceptors (Lipinski definition) is 5. The summed E-state index contributed by atoms with van der Waals surface area (Å²) < 4.78 is 1.74. The van der Waals surface area contributed by atoms with Gasteiger partial charge in [0, 0.05) is 19.2 Å². The molecule has 0 spiro atoms. The van der Waals surface area contributed by atoms with Gasteiger partial charge in [0.15, 0.2) is 5.82 Å². The van der Waals surface area contributed by atoms with Crippen molar-refractivity contribution >= 4 is 28.4 Å². The van der Waals surface area contributed by atoms with Gasteiger partial charge in [-0.3, -0.25) is 10.1 Å². The summed E-state index contributed by atoms with van der Waals surface area (Å²) >= 11 is 0. The minimum absolute atomic E-state index is 0.0145. The minimum Gasteiger partial charge on any atom is -0.506 e. The summed E-state index contributed by atoms with van der Waals surface area (Å²) in [5.41, 5.74) is 2.26. The van der Waals surface area contributed by atoms with Crippen LogP contribution in [0.4, 0.5) is 5.69 Å². The zero-order valence-electron chi connectivity index (χ0n) is 13.8. The SMILES string of the molecule is Cn1c(/C(C#N)=C(\O)C=Cc2ccc([N+](=O)[O-])cc2)nc2ccccc21. The van der Waals surface area contributed by atoms with E-state index in [4.69, 9.17) is 0 Å². The minimum atomic E-state index is -0.482. The van der Waals surface area contributed by atoms with E-state index >= 15 is 0 Å². The number of nitro benzene ring substituents is 1. The summed E-state index contributed by atoms with van der Waals surface area (Å²) in [6.07, 6.45) is 2.94. The summed E-state index contributed by atoms with van der Waals surface area (Å²) in [6.45, 7) is 0. The summed E-state index contributed by atoms with van der Waals surface area (Å²) in [5, 5.41) is 30.5. The van der Waals surface area contributed by atoms with Gasteiger partial charge in [0.05, 0.1) is 16.0 Å². The van der Waals surface area contributed by atoms with Crippen LogP contribution >= 0.6 is 0 Å². The maximum absolute atomic E-state index is 10.7. The van der Waals surface area contributed by atoms with Gasteiger partial charge in [0.2, 0.25) is 0 Å². The number of fused-ring (bicyclic) bond motifs is 1. The van der Waals surface area contributed by atoms with Crippen LogP contribution in [0.5, 0.6) is 0 Å². The number of hydrogen-bond donors (Lipinski definition) is 1. The van der Waals surface area contributed by atoms with E-state index in [1.807, 2.05) is 30.3 Å². The maximum Gasteiger partial charge on any atom is 0.269 e. The first-order valence-electron chi connectivity index (χ1n) is 7.69. The van der Waals surface area contributed by atoms with Crippen LogP contribution in [-0.4, -0.2) is 19.6 Å². The number of rotatable bonds is 4. The van der Waals surface area contributed by atoms with Crippen molar-refractivity contribution in [1.29, 1.82) is 5.26 Å². The first kappa shape index (κ1) is 16.9. The number of nitro groups is 1. The molecular formula is C19H14N4O3. The second-order valence-electron chi connectivity index (χ2n) is 5.54. The topological polar surface area (TPSA) is 105 Å². The Kier molecular flexibility index (Phi) is 4.50. The van der Waals surface area contributed by atoms with Crippen LogP contribution in [0.1, 0.15) is 11.4 Å². The Morgan fingerprint density at radius 1 is 1.27 bits per heavy atom. The third-order valence-electron chi connectivity index (χ3n) is 3.92. The number of nitriles is 1. The van der Waals surface area contributed by atoms with E-state index in [2.05, 4.69) is 4.98 Å². The summed E-state index contributed by atoms with van der Waals surface area (Å²) in [4.78, 5) is 14.6. The molecule has 1 heterocycles. The van der Waals surface area contributed by atoms with E-state index in [1.54, 1.807) is 29.8 Å². The molecule has 26 heavy (non-hydrogen) atoms.